The van der Waals surface area contributed by atoms with Crippen molar-refractivity contribution in [3.05, 3.63) is 85.3 Å². The van der Waals surface area contributed by atoms with E-state index >= 15 is 0 Å². The molecule has 0 amide bonds. The quantitative estimate of drug-likeness (QED) is 0.462. The van der Waals surface area contributed by atoms with Crippen LogP contribution in [0.2, 0.25) is 10.0 Å². The Morgan fingerprint density at radius 2 is 1.79 bits per heavy atom. The van der Waals surface area contributed by atoms with Crippen LogP contribution in [0.15, 0.2) is 41.2 Å². The molecule has 2 aromatic carbocycles. The molecule has 146 valence electrons. The highest BCUT2D eigenvalue weighted by atomic mass is 35.5. The molecule has 5 nitrogen and oxygen atoms in total. The summed E-state index contributed by atoms with van der Waals surface area (Å²) >= 11 is 12.2. The molecule has 3 aromatic rings. The second-order valence-corrected chi connectivity index (χ2v) is 6.78. The van der Waals surface area contributed by atoms with Crippen molar-refractivity contribution < 1.29 is 18.3 Å². The Kier molecular flexibility index (Phi) is 5.69. The minimum atomic E-state index is -1.34. The van der Waals surface area contributed by atoms with Gasteiger partial charge in [-0.3, -0.25) is 4.79 Å². The van der Waals surface area contributed by atoms with Crippen LogP contribution in [0.25, 0.3) is 11.1 Å². The van der Waals surface area contributed by atoms with E-state index in [4.69, 9.17) is 27.9 Å². The fourth-order valence-corrected chi connectivity index (χ4v) is 3.24. The highest BCUT2D eigenvalue weighted by molar-refractivity contribution is 6.36. The van der Waals surface area contributed by atoms with Crippen molar-refractivity contribution in [1.82, 2.24) is 4.98 Å². The van der Waals surface area contributed by atoms with E-state index in [1.165, 1.54) is 18.2 Å². The first-order valence-electron chi connectivity index (χ1n) is 8.02. The van der Waals surface area contributed by atoms with E-state index < -0.39 is 28.7 Å². The van der Waals surface area contributed by atoms with E-state index in [0.717, 1.165) is 18.2 Å². The third-order valence-electron chi connectivity index (χ3n) is 3.94. The zero-order chi connectivity index (χ0) is 21.3. The number of carbonyl (C=O) groups excluding carboxylic acids is 1. The number of carbonyl (C=O) groups is 1. The normalized spacial score (nSPS) is 10.5. The lowest BCUT2D eigenvalue weighted by Crippen LogP contribution is -2.15. The number of aromatic nitrogens is 1. The first-order chi connectivity index (χ1) is 13.7. The lowest BCUT2D eigenvalue weighted by atomic mass is 10.00. The highest BCUT2D eigenvalue weighted by Gasteiger charge is 2.24. The Hall–Kier alpha value is -3.21. The van der Waals surface area contributed by atoms with E-state index in [1.807, 2.05) is 0 Å². The lowest BCUT2D eigenvalue weighted by Gasteiger charge is -2.14. The second kappa shape index (κ2) is 8.03. The molecule has 0 fully saturated rings. The monoisotopic (exact) mass is 434 g/mol. The molecule has 0 unspecified atom stereocenters. The largest absolute Gasteiger partial charge is 0.421 e. The third-order valence-corrected chi connectivity index (χ3v) is 4.44. The SMILES string of the molecule is Cc1cc(-c2cc(Cl)cc(Cl)c2OC(=O)c2c(F)cccc2F)c(C#N)c(=O)[nH]1. The van der Waals surface area contributed by atoms with Crippen LogP contribution in [0.3, 0.4) is 0 Å². The molecule has 0 radical (unpaired) electrons. The number of hydrogen-bond acceptors (Lipinski definition) is 4. The summed E-state index contributed by atoms with van der Waals surface area (Å²) in [6.07, 6.45) is 0. The molecular weight excluding hydrogens is 425 g/mol. The number of aromatic amines is 1. The fourth-order valence-electron chi connectivity index (χ4n) is 2.71. The van der Waals surface area contributed by atoms with Gasteiger partial charge in [-0.1, -0.05) is 29.3 Å². The van der Waals surface area contributed by atoms with Gasteiger partial charge in [0, 0.05) is 21.8 Å². The summed E-state index contributed by atoms with van der Waals surface area (Å²) in [7, 11) is 0. The van der Waals surface area contributed by atoms with E-state index in [0.29, 0.717) is 5.69 Å². The predicted molar refractivity (Wildman–Crippen MR) is 103 cm³/mol. The number of benzene rings is 2. The number of nitriles is 1. The average molecular weight is 435 g/mol. The van der Waals surface area contributed by atoms with Crippen LogP contribution >= 0.6 is 23.2 Å². The van der Waals surface area contributed by atoms with Crippen molar-refractivity contribution in [3.8, 4) is 22.9 Å². The Bertz CT molecular complexity index is 1230. The molecule has 0 spiro atoms. The maximum absolute atomic E-state index is 13.9. The van der Waals surface area contributed by atoms with Gasteiger partial charge in [-0.25, -0.2) is 13.6 Å². The molecule has 3 rings (SSSR count). The Morgan fingerprint density at radius 3 is 2.41 bits per heavy atom. The molecule has 9 heteroatoms. The first-order valence-corrected chi connectivity index (χ1v) is 8.78. The summed E-state index contributed by atoms with van der Waals surface area (Å²) in [6, 6.07) is 8.70. The summed E-state index contributed by atoms with van der Waals surface area (Å²) in [5.41, 5.74) is -1.31. The van der Waals surface area contributed by atoms with Crippen molar-refractivity contribution in [2.24, 2.45) is 0 Å². The molecule has 1 N–H and O–H groups in total. The maximum atomic E-state index is 13.9. The van der Waals surface area contributed by atoms with Crippen molar-refractivity contribution in [2.45, 2.75) is 6.92 Å². The minimum Gasteiger partial charge on any atom is -0.421 e. The molecule has 0 saturated carbocycles. The standard InChI is InChI=1S/C20H10Cl2F2N2O3/c1-9-5-11(13(8-25)19(27)26-9)12-6-10(21)7-14(22)18(12)29-20(28)17-15(23)3-2-4-16(17)24/h2-7H,1H3,(H,26,27). The smallest absolute Gasteiger partial charge is 0.349 e. The second-order valence-electron chi connectivity index (χ2n) is 5.93. The van der Waals surface area contributed by atoms with E-state index in [2.05, 4.69) is 4.98 Å². The van der Waals surface area contributed by atoms with Gasteiger partial charge in [0.2, 0.25) is 0 Å². The summed E-state index contributed by atoms with van der Waals surface area (Å²) in [5.74, 6) is -3.88. The van der Waals surface area contributed by atoms with Gasteiger partial charge in [0.25, 0.3) is 5.56 Å². The predicted octanol–water partition coefficient (Wildman–Crippen LogP) is 5.03. The van der Waals surface area contributed by atoms with E-state index in [9.17, 15) is 23.6 Å². The van der Waals surface area contributed by atoms with Gasteiger partial charge in [-0.2, -0.15) is 5.26 Å². The molecule has 1 aromatic heterocycles. The van der Waals surface area contributed by atoms with Gasteiger partial charge >= 0.3 is 5.97 Å². The number of ether oxygens (including phenoxy) is 1. The van der Waals surface area contributed by atoms with Gasteiger partial charge in [0.05, 0.1) is 5.02 Å². The van der Waals surface area contributed by atoms with Gasteiger partial charge in [-0.05, 0) is 37.3 Å². The molecule has 0 aliphatic rings. The van der Waals surface area contributed by atoms with Crippen LogP contribution in [0.5, 0.6) is 5.75 Å². The van der Waals surface area contributed by atoms with Crippen molar-refractivity contribution >= 4 is 29.2 Å². The van der Waals surface area contributed by atoms with Crippen LogP contribution < -0.4 is 10.3 Å². The third kappa shape index (κ3) is 3.99. The van der Waals surface area contributed by atoms with Crippen molar-refractivity contribution in [3.63, 3.8) is 0 Å². The molecule has 0 atom stereocenters. The van der Waals surface area contributed by atoms with Gasteiger partial charge in [-0.15, -0.1) is 0 Å². The van der Waals surface area contributed by atoms with Crippen molar-refractivity contribution in [2.75, 3.05) is 0 Å². The number of halogens is 4. The van der Waals surface area contributed by atoms with Crippen LogP contribution in [0.1, 0.15) is 21.6 Å². The van der Waals surface area contributed by atoms with E-state index in [1.54, 1.807) is 13.0 Å². The summed E-state index contributed by atoms with van der Waals surface area (Å²) in [6.45, 7) is 1.58. The summed E-state index contributed by atoms with van der Waals surface area (Å²) < 4.78 is 33.0. The number of pyridine rings is 1. The summed E-state index contributed by atoms with van der Waals surface area (Å²) in [5, 5.41) is 9.35. The average Bonchev–Trinajstić information content (AvgIpc) is 2.63. The van der Waals surface area contributed by atoms with Gasteiger partial charge < -0.3 is 9.72 Å². The summed E-state index contributed by atoms with van der Waals surface area (Å²) in [4.78, 5) is 27.0. The van der Waals surface area contributed by atoms with Gasteiger partial charge in [0.15, 0.2) is 5.75 Å². The molecule has 0 bridgehead atoms. The topological polar surface area (TPSA) is 82.9 Å². The molecular formula is C20H10Cl2F2N2O3. The molecule has 0 aliphatic heterocycles. The molecule has 29 heavy (non-hydrogen) atoms. The lowest BCUT2D eigenvalue weighted by molar-refractivity contribution is 0.0725. The molecule has 0 saturated heterocycles. The van der Waals surface area contributed by atoms with Crippen LogP contribution in [0, 0.1) is 29.9 Å². The number of nitrogens with one attached hydrogen (secondary N) is 1. The highest BCUT2D eigenvalue weighted by Crippen LogP contribution is 2.40. The number of esters is 1. The number of nitrogens with zero attached hydrogens (tertiary/aromatic N) is 1. The zero-order valence-electron chi connectivity index (χ0n) is 14.6. The number of rotatable bonds is 3. The molecule has 0 aliphatic carbocycles. The minimum absolute atomic E-state index is 0.0401. The van der Waals surface area contributed by atoms with Crippen LogP contribution in [-0.4, -0.2) is 11.0 Å². The Morgan fingerprint density at radius 1 is 1.14 bits per heavy atom. The van der Waals surface area contributed by atoms with Crippen molar-refractivity contribution in [1.29, 1.82) is 5.26 Å². The first kappa shape index (κ1) is 20.5. The van der Waals surface area contributed by atoms with Gasteiger partial charge in [0.1, 0.15) is 28.8 Å². The maximum Gasteiger partial charge on any atom is 0.349 e. The molecule has 1 heterocycles. The number of hydrogen-bond donors (Lipinski definition) is 1. The fraction of sp³-hybridized carbons (Fsp3) is 0.0500. The number of aryl methyl sites for hydroxylation is 1. The van der Waals surface area contributed by atoms with E-state index in [-0.39, 0.29) is 32.5 Å². The van der Waals surface area contributed by atoms with Crippen LogP contribution in [-0.2, 0) is 0 Å². The Balaban J connectivity index is 2.22. The Labute approximate surface area is 173 Å². The zero-order valence-corrected chi connectivity index (χ0v) is 16.2. The number of H-pyrrole nitrogens is 1. The van der Waals surface area contributed by atoms with Crippen LogP contribution in [0.4, 0.5) is 8.78 Å².